The number of benzene rings is 3. The molecule has 180 valence electrons. The number of halogens is 1. The molecule has 7 nitrogen and oxygen atoms in total. The van der Waals surface area contributed by atoms with Crippen LogP contribution in [0.15, 0.2) is 83.9 Å². The van der Waals surface area contributed by atoms with Crippen molar-refractivity contribution < 1.29 is 19.1 Å². The summed E-state index contributed by atoms with van der Waals surface area (Å²) in [6.07, 6.45) is 1.94. The van der Waals surface area contributed by atoms with E-state index in [1.165, 1.54) is 5.01 Å². The second kappa shape index (κ2) is 11.1. The van der Waals surface area contributed by atoms with Crippen molar-refractivity contribution in [3.63, 3.8) is 0 Å². The summed E-state index contributed by atoms with van der Waals surface area (Å²) in [7, 11) is 0. The maximum atomic E-state index is 13.5. The zero-order chi connectivity index (χ0) is 24.8. The molecule has 0 fully saturated rings. The van der Waals surface area contributed by atoms with Crippen molar-refractivity contribution in [3.8, 4) is 11.5 Å². The molecule has 1 heterocycles. The molecule has 4 rings (SSSR count). The molecule has 3 aromatic carbocycles. The zero-order valence-electron chi connectivity index (χ0n) is 19.3. The van der Waals surface area contributed by atoms with Crippen LogP contribution in [-0.2, 0) is 0 Å². The van der Waals surface area contributed by atoms with Gasteiger partial charge in [-0.3, -0.25) is 15.0 Å². The van der Waals surface area contributed by atoms with Crippen molar-refractivity contribution in [2.75, 3.05) is 18.5 Å². The molecule has 2 amide bonds. The van der Waals surface area contributed by atoms with Crippen molar-refractivity contribution in [3.05, 3.63) is 101 Å². The molecule has 0 spiro atoms. The van der Waals surface area contributed by atoms with E-state index in [4.69, 9.17) is 9.47 Å². The van der Waals surface area contributed by atoms with Gasteiger partial charge in [-0.15, -0.1) is 0 Å². The highest BCUT2D eigenvalue weighted by molar-refractivity contribution is 9.10. The van der Waals surface area contributed by atoms with Crippen LogP contribution in [0.3, 0.4) is 0 Å². The molecular weight excluding hydrogens is 510 g/mol. The summed E-state index contributed by atoms with van der Waals surface area (Å²) in [4.78, 5) is 26.6. The zero-order valence-corrected chi connectivity index (χ0v) is 20.9. The van der Waals surface area contributed by atoms with Crippen LogP contribution in [0.25, 0.3) is 0 Å². The Labute approximate surface area is 212 Å². The smallest absolute Gasteiger partial charge is 0.276 e. The van der Waals surface area contributed by atoms with Gasteiger partial charge in [-0.2, -0.15) is 0 Å². The fourth-order valence-electron chi connectivity index (χ4n) is 3.62. The van der Waals surface area contributed by atoms with Gasteiger partial charge in [0.15, 0.2) is 0 Å². The minimum atomic E-state index is -0.615. The van der Waals surface area contributed by atoms with Gasteiger partial charge in [0.05, 0.1) is 12.2 Å². The van der Waals surface area contributed by atoms with E-state index in [2.05, 4.69) is 33.3 Å². The van der Waals surface area contributed by atoms with E-state index in [1.807, 2.05) is 43.3 Å². The minimum Gasteiger partial charge on any atom is -0.494 e. The Balaban J connectivity index is 1.61. The quantitative estimate of drug-likeness (QED) is 0.343. The summed E-state index contributed by atoms with van der Waals surface area (Å²) in [5.74, 6) is 0.632. The molecule has 0 bridgehead atoms. The second-order valence-electron chi connectivity index (χ2n) is 7.89. The monoisotopic (exact) mass is 535 g/mol. The van der Waals surface area contributed by atoms with Crippen molar-refractivity contribution in [2.45, 2.75) is 19.5 Å². The van der Waals surface area contributed by atoms with Crippen LogP contribution < -0.4 is 20.2 Å². The van der Waals surface area contributed by atoms with Crippen LogP contribution in [0.5, 0.6) is 11.5 Å². The highest BCUT2D eigenvalue weighted by Crippen LogP contribution is 2.34. The number of carbonyl (C=O) groups excluding carboxylic acids is 2. The van der Waals surface area contributed by atoms with E-state index >= 15 is 0 Å². The maximum Gasteiger partial charge on any atom is 0.276 e. The molecule has 0 unspecified atom stereocenters. The van der Waals surface area contributed by atoms with E-state index in [0.29, 0.717) is 35.8 Å². The summed E-state index contributed by atoms with van der Waals surface area (Å²) in [5.41, 5.74) is 5.11. The van der Waals surface area contributed by atoms with Crippen LogP contribution in [0.4, 0.5) is 5.69 Å². The molecular formula is C27H26BrN3O4. The molecule has 1 atom stereocenters. The molecule has 0 aliphatic carbocycles. The molecule has 0 saturated carbocycles. The summed E-state index contributed by atoms with van der Waals surface area (Å²) < 4.78 is 11.9. The Morgan fingerprint density at radius 2 is 1.77 bits per heavy atom. The number of anilines is 1. The first-order valence-corrected chi connectivity index (χ1v) is 12.1. The predicted octanol–water partition coefficient (Wildman–Crippen LogP) is 5.71. The third-order valence-electron chi connectivity index (χ3n) is 5.36. The average Bonchev–Trinajstić information content (AvgIpc) is 2.88. The predicted molar refractivity (Wildman–Crippen MR) is 139 cm³/mol. The van der Waals surface area contributed by atoms with Gasteiger partial charge >= 0.3 is 0 Å². The third kappa shape index (κ3) is 5.66. The Hall–Kier alpha value is -3.78. The summed E-state index contributed by atoms with van der Waals surface area (Å²) in [6.45, 7) is 6.67. The number of rotatable bonds is 9. The number of hydrazine groups is 1. The van der Waals surface area contributed by atoms with Crippen LogP contribution in [0.1, 0.15) is 45.8 Å². The number of hydrogen-bond donors (Lipinski definition) is 2. The Kier molecular flexibility index (Phi) is 7.72. The number of carbonyl (C=O) groups is 2. The van der Waals surface area contributed by atoms with Crippen molar-refractivity contribution in [2.24, 2.45) is 0 Å². The van der Waals surface area contributed by atoms with Gasteiger partial charge in [0.25, 0.3) is 11.8 Å². The van der Waals surface area contributed by atoms with Gasteiger partial charge in [-0.05, 0) is 66.6 Å². The topological polar surface area (TPSA) is 79.9 Å². The minimum absolute atomic E-state index is 0.323. The molecule has 2 N–H and O–H groups in total. The second-order valence-corrected chi connectivity index (χ2v) is 8.81. The van der Waals surface area contributed by atoms with Gasteiger partial charge in [0, 0.05) is 15.7 Å². The van der Waals surface area contributed by atoms with Crippen molar-refractivity contribution in [1.29, 1.82) is 0 Å². The van der Waals surface area contributed by atoms with Gasteiger partial charge in [-0.1, -0.05) is 47.6 Å². The standard InChI is InChI=1S/C27H26BrN3O4/c1-3-15-34-21-10-5-18(6-11-21)25-29-24-14-9-20(28)17-23(24)27(33)31(25)30-26(32)19-7-12-22(13-8-19)35-16-4-2/h4-14,17,25,29H,2-3,15-16H2,1H3,(H,30,32)/t25-/m1/s1. The largest absolute Gasteiger partial charge is 0.494 e. The maximum absolute atomic E-state index is 13.5. The van der Waals surface area contributed by atoms with Gasteiger partial charge in [0.1, 0.15) is 24.3 Å². The highest BCUT2D eigenvalue weighted by atomic mass is 79.9. The summed E-state index contributed by atoms with van der Waals surface area (Å²) in [5, 5.41) is 4.69. The Bertz CT molecular complexity index is 1210. The lowest BCUT2D eigenvalue weighted by atomic mass is 10.0. The molecule has 0 aromatic heterocycles. The van der Waals surface area contributed by atoms with E-state index < -0.39 is 12.1 Å². The molecule has 1 aliphatic rings. The Morgan fingerprint density at radius 3 is 2.46 bits per heavy atom. The molecule has 0 radical (unpaired) electrons. The number of amides is 2. The fourth-order valence-corrected chi connectivity index (χ4v) is 3.98. The van der Waals surface area contributed by atoms with E-state index in [1.54, 1.807) is 36.4 Å². The average molecular weight is 536 g/mol. The highest BCUT2D eigenvalue weighted by Gasteiger charge is 2.34. The number of nitrogens with one attached hydrogen (secondary N) is 2. The molecule has 1 aliphatic heterocycles. The third-order valence-corrected chi connectivity index (χ3v) is 5.85. The van der Waals surface area contributed by atoms with Gasteiger partial charge in [0.2, 0.25) is 0 Å². The van der Waals surface area contributed by atoms with Crippen LogP contribution >= 0.6 is 15.9 Å². The number of nitrogens with zero attached hydrogens (tertiary/aromatic N) is 1. The lowest BCUT2D eigenvalue weighted by Crippen LogP contribution is -2.52. The molecule has 3 aromatic rings. The van der Waals surface area contributed by atoms with Gasteiger partial charge < -0.3 is 14.8 Å². The first kappa shape index (κ1) is 24.3. The molecule has 8 heteroatoms. The van der Waals surface area contributed by atoms with Crippen molar-refractivity contribution >= 4 is 33.4 Å². The van der Waals surface area contributed by atoms with Crippen LogP contribution in [0.2, 0.25) is 0 Å². The molecule has 35 heavy (non-hydrogen) atoms. The SMILES string of the molecule is C=CCOc1ccc(C(=O)NN2C(=O)c3cc(Br)ccc3N[C@H]2c2ccc(OCCC)cc2)cc1. The van der Waals surface area contributed by atoms with E-state index in [-0.39, 0.29) is 5.91 Å². The van der Waals surface area contributed by atoms with Crippen LogP contribution in [0, 0.1) is 0 Å². The van der Waals surface area contributed by atoms with Crippen molar-refractivity contribution in [1.82, 2.24) is 10.4 Å². The lowest BCUT2D eigenvalue weighted by Gasteiger charge is -2.38. The van der Waals surface area contributed by atoms with Gasteiger partial charge in [-0.25, -0.2) is 5.01 Å². The number of ether oxygens (including phenoxy) is 2. The first-order chi connectivity index (χ1) is 17.0. The lowest BCUT2D eigenvalue weighted by molar-refractivity contribution is 0.0491. The fraction of sp³-hybridized carbons (Fsp3) is 0.185. The first-order valence-electron chi connectivity index (χ1n) is 11.3. The normalized spacial score (nSPS) is 14.5. The summed E-state index contributed by atoms with van der Waals surface area (Å²) >= 11 is 3.42. The van der Waals surface area contributed by atoms with Crippen LogP contribution in [-0.4, -0.2) is 30.0 Å². The Morgan fingerprint density at radius 1 is 1.09 bits per heavy atom. The van der Waals surface area contributed by atoms with E-state index in [9.17, 15) is 9.59 Å². The van der Waals surface area contributed by atoms with E-state index in [0.717, 1.165) is 22.2 Å². The number of hydrogen-bond acceptors (Lipinski definition) is 5. The number of fused-ring (bicyclic) bond motifs is 1. The summed E-state index contributed by atoms with van der Waals surface area (Å²) in [6, 6.07) is 19.6. The molecule has 0 saturated heterocycles.